The minimum atomic E-state index is -4.61. The molecule has 1 aliphatic carbocycles. The summed E-state index contributed by atoms with van der Waals surface area (Å²) in [4.78, 5) is 6.73. The van der Waals surface area contributed by atoms with Crippen LogP contribution in [0.15, 0.2) is 24.5 Å². The fourth-order valence-electron chi connectivity index (χ4n) is 4.82. The van der Waals surface area contributed by atoms with Crippen LogP contribution in [-0.2, 0) is 14.1 Å². The predicted molar refractivity (Wildman–Crippen MR) is 134 cm³/mol. The molecule has 204 valence electrons. The number of benzene rings is 1. The molecule has 2 N–H and O–H groups in total. The van der Waals surface area contributed by atoms with Crippen LogP contribution in [-0.4, -0.2) is 68.6 Å². The van der Waals surface area contributed by atoms with E-state index in [2.05, 4.69) is 34.1 Å². The van der Waals surface area contributed by atoms with E-state index in [1.54, 1.807) is 18.1 Å². The number of aliphatic hydroxyl groups is 1. The minimum Gasteiger partial charge on any atom is -0.490 e. The second-order valence-electron chi connectivity index (χ2n) is 9.86. The topological polar surface area (TPSA) is 89.6 Å². The van der Waals surface area contributed by atoms with Crippen LogP contribution in [0.1, 0.15) is 39.5 Å². The number of hydrogen-bond donors (Lipinski definition) is 2. The van der Waals surface area contributed by atoms with Crippen molar-refractivity contribution in [2.45, 2.75) is 70.0 Å². The van der Waals surface area contributed by atoms with Crippen LogP contribution in [0.2, 0.25) is 0 Å². The molecule has 2 heterocycles. The zero-order valence-corrected chi connectivity index (χ0v) is 21.8. The highest BCUT2D eigenvalue weighted by atomic mass is 19.4. The molecule has 2 aromatic heterocycles. The molecule has 37 heavy (non-hydrogen) atoms. The van der Waals surface area contributed by atoms with Gasteiger partial charge in [0.15, 0.2) is 11.9 Å². The molecule has 1 fully saturated rings. The number of halogens is 3. The molecule has 4 rings (SSSR count). The van der Waals surface area contributed by atoms with Gasteiger partial charge in [0.2, 0.25) is 5.88 Å². The molecular weight excluding hydrogens is 489 g/mol. The number of ether oxygens (including phenoxy) is 2. The van der Waals surface area contributed by atoms with Crippen molar-refractivity contribution in [3.05, 3.63) is 24.5 Å². The third kappa shape index (κ3) is 5.96. The number of aryl methyl sites for hydroxylation is 2. The molecule has 1 aromatic carbocycles. The number of nitrogens with one attached hydrogen (secondary N) is 1. The lowest BCUT2D eigenvalue weighted by Crippen LogP contribution is -2.44. The molecule has 0 saturated heterocycles. The highest BCUT2D eigenvalue weighted by Gasteiger charge is 2.38. The molecule has 0 unspecified atom stereocenters. The summed E-state index contributed by atoms with van der Waals surface area (Å²) in [5.41, 5.74) is 2.60. The lowest BCUT2D eigenvalue weighted by atomic mass is 9.92. The van der Waals surface area contributed by atoms with Gasteiger partial charge in [-0.3, -0.25) is 0 Å². The molecule has 12 heteroatoms. The summed E-state index contributed by atoms with van der Waals surface area (Å²) in [7, 11) is 5.36. The van der Waals surface area contributed by atoms with Gasteiger partial charge >= 0.3 is 6.18 Å². The molecule has 0 aliphatic heterocycles. The van der Waals surface area contributed by atoms with E-state index in [0.717, 1.165) is 22.5 Å². The van der Waals surface area contributed by atoms with Crippen LogP contribution in [0.4, 0.5) is 24.7 Å². The van der Waals surface area contributed by atoms with Gasteiger partial charge in [-0.1, -0.05) is 0 Å². The van der Waals surface area contributed by atoms with E-state index in [1.165, 1.54) is 0 Å². The maximum Gasteiger partial charge on any atom is 0.415 e. The van der Waals surface area contributed by atoms with E-state index >= 15 is 0 Å². The van der Waals surface area contributed by atoms with Crippen molar-refractivity contribution in [3.63, 3.8) is 0 Å². The van der Waals surface area contributed by atoms with Gasteiger partial charge in [-0.15, -0.1) is 0 Å². The van der Waals surface area contributed by atoms with Gasteiger partial charge in [-0.25, -0.2) is 9.67 Å². The number of anilines is 2. The Labute approximate surface area is 214 Å². The molecule has 1 atom stereocenters. The van der Waals surface area contributed by atoms with E-state index in [-0.39, 0.29) is 18.2 Å². The van der Waals surface area contributed by atoms with Gasteiger partial charge in [0, 0.05) is 50.9 Å². The fourth-order valence-corrected chi connectivity index (χ4v) is 4.82. The van der Waals surface area contributed by atoms with Crippen LogP contribution < -0.4 is 19.7 Å². The first-order valence-electron chi connectivity index (χ1n) is 12.4. The summed E-state index contributed by atoms with van der Waals surface area (Å²) < 4.78 is 53.2. The number of aromatic nitrogens is 4. The van der Waals surface area contributed by atoms with Crippen molar-refractivity contribution in [1.82, 2.24) is 24.6 Å². The quantitative estimate of drug-likeness (QED) is 0.436. The Hall–Kier alpha value is -2.99. The minimum absolute atomic E-state index is 0.0634. The number of fused-ring (bicyclic) bond motifs is 1. The molecule has 0 radical (unpaired) electrons. The third-order valence-electron chi connectivity index (χ3n) is 6.79. The number of rotatable bonds is 9. The lowest BCUT2D eigenvalue weighted by molar-refractivity contribution is -0.202. The number of methoxy groups -OCH3 is 1. The number of alkyl halides is 3. The van der Waals surface area contributed by atoms with E-state index in [9.17, 15) is 18.3 Å². The average molecular weight is 525 g/mol. The van der Waals surface area contributed by atoms with Crippen molar-refractivity contribution >= 4 is 22.5 Å². The predicted octanol–water partition coefficient (Wildman–Crippen LogP) is 4.06. The number of aliphatic hydroxyl groups excluding tert-OH is 1. The van der Waals surface area contributed by atoms with Crippen molar-refractivity contribution in [3.8, 4) is 11.6 Å². The first kappa shape index (κ1) is 27.1. The summed E-state index contributed by atoms with van der Waals surface area (Å²) in [6.45, 7) is 3.66. The van der Waals surface area contributed by atoms with Crippen LogP contribution in [0, 0.1) is 0 Å². The standard InChI is InChI=1S/C25H35F3N6O3/c1-15(2)34(22-12-23(36-5)33(4)31-22)20-11-18(10-19-24(20)30-14-32(19)3)37-17-8-6-16(7-9-17)29-13-21(35)25(26,27)28/h10-12,14-17,21,29,35H,6-9,13H2,1-5H3/t16?,17?,21-/m1/s1. The Bertz CT molecular complexity index is 1200. The van der Waals surface area contributed by atoms with Crippen LogP contribution in [0.25, 0.3) is 11.0 Å². The van der Waals surface area contributed by atoms with E-state index in [1.807, 2.05) is 36.9 Å². The van der Waals surface area contributed by atoms with Gasteiger partial charge in [-0.05, 0) is 39.5 Å². The molecule has 0 amide bonds. The lowest BCUT2D eigenvalue weighted by Gasteiger charge is -2.31. The highest BCUT2D eigenvalue weighted by molar-refractivity contribution is 5.92. The monoisotopic (exact) mass is 524 g/mol. The Kier molecular flexibility index (Phi) is 7.88. The third-order valence-corrected chi connectivity index (χ3v) is 6.79. The van der Waals surface area contributed by atoms with E-state index < -0.39 is 18.8 Å². The summed E-state index contributed by atoms with van der Waals surface area (Å²) in [6, 6.07) is 5.80. The molecule has 1 aliphatic rings. The van der Waals surface area contributed by atoms with Gasteiger partial charge in [0.05, 0.1) is 30.7 Å². The smallest absolute Gasteiger partial charge is 0.415 e. The maximum atomic E-state index is 12.6. The summed E-state index contributed by atoms with van der Waals surface area (Å²) in [6.07, 6.45) is -2.53. The zero-order valence-electron chi connectivity index (χ0n) is 21.8. The zero-order chi connectivity index (χ0) is 26.9. The molecular formula is C25H35F3N6O3. The molecule has 1 saturated carbocycles. The first-order valence-corrected chi connectivity index (χ1v) is 12.4. The second-order valence-corrected chi connectivity index (χ2v) is 9.86. The molecule has 3 aromatic rings. The van der Waals surface area contributed by atoms with Gasteiger partial charge < -0.3 is 29.4 Å². The van der Waals surface area contributed by atoms with Crippen molar-refractivity contribution in [2.75, 3.05) is 18.6 Å². The van der Waals surface area contributed by atoms with Crippen LogP contribution in [0.3, 0.4) is 0 Å². The largest absolute Gasteiger partial charge is 0.490 e. The Morgan fingerprint density at radius 1 is 1.16 bits per heavy atom. The maximum absolute atomic E-state index is 12.6. The van der Waals surface area contributed by atoms with Crippen LogP contribution >= 0.6 is 0 Å². The number of nitrogens with zero attached hydrogens (tertiary/aromatic N) is 5. The Morgan fingerprint density at radius 2 is 1.86 bits per heavy atom. The van der Waals surface area contributed by atoms with Gasteiger partial charge in [0.25, 0.3) is 0 Å². The first-order chi connectivity index (χ1) is 17.5. The van der Waals surface area contributed by atoms with Crippen molar-refractivity contribution < 1.29 is 27.8 Å². The normalized spacial score (nSPS) is 19.4. The van der Waals surface area contributed by atoms with Gasteiger partial charge in [-0.2, -0.15) is 18.3 Å². The van der Waals surface area contributed by atoms with Gasteiger partial charge in [0.1, 0.15) is 11.3 Å². The summed E-state index contributed by atoms with van der Waals surface area (Å²) in [5, 5.41) is 16.7. The van der Waals surface area contributed by atoms with Crippen LogP contribution in [0.5, 0.6) is 11.6 Å². The molecule has 9 nitrogen and oxygen atoms in total. The van der Waals surface area contributed by atoms with E-state index in [0.29, 0.717) is 37.3 Å². The highest BCUT2D eigenvalue weighted by Crippen LogP contribution is 2.38. The fraction of sp³-hybridized carbons (Fsp3) is 0.600. The summed E-state index contributed by atoms with van der Waals surface area (Å²) >= 11 is 0. The van der Waals surface area contributed by atoms with E-state index in [4.69, 9.17) is 9.47 Å². The molecule has 0 bridgehead atoms. The average Bonchev–Trinajstić information content (AvgIpc) is 3.39. The molecule has 0 spiro atoms. The SMILES string of the molecule is COc1cc(N(c2cc(OC3CCC(NC[C@@H](O)C(F)(F)F)CC3)cc3c2ncn3C)C(C)C)nn1C. The van der Waals surface area contributed by atoms with Crippen molar-refractivity contribution in [2.24, 2.45) is 14.1 Å². The number of imidazole rings is 1. The summed E-state index contributed by atoms with van der Waals surface area (Å²) in [5.74, 6) is 2.06. The Balaban J connectivity index is 1.53. The second kappa shape index (κ2) is 10.8. The van der Waals surface area contributed by atoms with Crippen molar-refractivity contribution in [1.29, 1.82) is 0 Å². The Morgan fingerprint density at radius 3 is 2.46 bits per heavy atom. The number of hydrogen-bond acceptors (Lipinski definition) is 7.